The van der Waals surface area contributed by atoms with Crippen LogP contribution in [0.25, 0.3) is 0 Å². The van der Waals surface area contributed by atoms with Gasteiger partial charge in [-0.15, -0.1) is 5.10 Å². The standard InChI is InChI=1S/C16H31N5O/c1-5-6-10-21-15(17-18-19-21)14-8-7-13(12-22)20(14)11-9-16(2,3)4/h13-14,22H,5-12H2,1-4H3/t13-,14-/m0/s1. The van der Waals surface area contributed by atoms with Gasteiger partial charge in [0.15, 0.2) is 5.82 Å². The minimum Gasteiger partial charge on any atom is -0.395 e. The highest BCUT2D eigenvalue weighted by Gasteiger charge is 2.37. The van der Waals surface area contributed by atoms with E-state index in [1.54, 1.807) is 0 Å². The van der Waals surface area contributed by atoms with Gasteiger partial charge in [-0.25, -0.2) is 4.68 Å². The fourth-order valence-electron chi connectivity index (χ4n) is 3.13. The lowest BCUT2D eigenvalue weighted by Crippen LogP contribution is -2.37. The Hall–Kier alpha value is -1.01. The van der Waals surface area contributed by atoms with Gasteiger partial charge in [0, 0.05) is 12.6 Å². The van der Waals surface area contributed by atoms with Crippen LogP contribution < -0.4 is 0 Å². The Morgan fingerprint density at radius 2 is 2.00 bits per heavy atom. The van der Waals surface area contributed by atoms with Crippen molar-refractivity contribution in [3.63, 3.8) is 0 Å². The van der Waals surface area contributed by atoms with Crippen LogP contribution >= 0.6 is 0 Å². The first-order valence-electron chi connectivity index (χ1n) is 8.59. The van der Waals surface area contributed by atoms with E-state index in [2.05, 4.69) is 48.1 Å². The second-order valence-corrected chi connectivity index (χ2v) is 7.59. The lowest BCUT2D eigenvalue weighted by Gasteiger charge is -2.31. The molecule has 1 N–H and O–H groups in total. The summed E-state index contributed by atoms with van der Waals surface area (Å²) in [6, 6.07) is 0.482. The lowest BCUT2D eigenvalue weighted by molar-refractivity contribution is 0.110. The molecule has 22 heavy (non-hydrogen) atoms. The maximum atomic E-state index is 9.69. The van der Waals surface area contributed by atoms with Gasteiger partial charge in [0.25, 0.3) is 0 Å². The molecule has 0 radical (unpaired) electrons. The summed E-state index contributed by atoms with van der Waals surface area (Å²) in [6.07, 6.45) is 5.39. The molecule has 1 fully saturated rings. The first-order chi connectivity index (χ1) is 10.5. The summed E-state index contributed by atoms with van der Waals surface area (Å²) >= 11 is 0. The van der Waals surface area contributed by atoms with Crippen LogP contribution in [-0.4, -0.2) is 49.4 Å². The zero-order valence-electron chi connectivity index (χ0n) is 14.5. The Morgan fingerprint density at radius 3 is 2.64 bits per heavy atom. The minimum atomic E-state index is 0.219. The molecule has 0 aromatic carbocycles. The van der Waals surface area contributed by atoms with E-state index in [0.29, 0.717) is 5.41 Å². The van der Waals surface area contributed by atoms with Gasteiger partial charge < -0.3 is 5.11 Å². The highest BCUT2D eigenvalue weighted by atomic mass is 16.3. The van der Waals surface area contributed by atoms with Crippen LogP contribution in [0, 0.1) is 5.41 Å². The van der Waals surface area contributed by atoms with E-state index in [-0.39, 0.29) is 18.7 Å². The molecular weight excluding hydrogens is 278 g/mol. The fraction of sp³-hybridized carbons (Fsp3) is 0.938. The number of aliphatic hydroxyl groups is 1. The predicted octanol–water partition coefficient (Wildman–Crippen LogP) is 2.41. The number of aliphatic hydroxyl groups excluding tert-OH is 1. The third-order valence-electron chi connectivity index (χ3n) is 4.55. The third-order valence-corrected chi connectivity index (χ3v) is 4.55. The van der Waals surface area contributed by atoms with Crippen molar-refractivity contribution in [2.45, 2.75) is 78.4 Å². The van der Waals surface area contributed by atoms with E-state index in [1.807, 2.05) is 4.68 Å². The average molecular weight is 309 g/mol. The summed E-state index contributed by atoms with van der Waals surface area (Å²) in [4.78, 5) is 2.42. The van der Waals surface area contributed by atoms with Gasteiger partial charge >= 0.3 is 0 Å². The number of aromatic nitrogens is 4. The van der Waals surface area contributed by atoms with Crippen molar-refractivity contribution < 1.29 is 5.11 Å². The van der Waals surface area contributed by atoms with Gasteiger partial charge in [-0.1, -0.05) is 34.1 Å². The molecule has 2 atom stereocenters. The molecule has 126 valence electrons. The summed E-state index contributed by atoms with van der Waals surface area (Å²) in [7, 11) is 0. The van der Waals surface area contributed by atoms with Crippen LogP contribution in [-0.2, 0) is 6.54 Å². The maximum absolute atomic E-state index is 9.69. The largest absolute Gasteiger partial charge is 0.395 e. The molecule has 2 heterocycles. The van der Waals surface area contributed by atoms with Gasteiger partial charge in [0.2, 0.25) is 0 Å². The Bertz CT molecular complexity index is 454. The fourth-order valence-corrected chi connectivity index (χ4v) is 3.13. The zero-order valence-corrected chi connectivity index (χ0v) is 14.5. The van der Waals surface area contributed by atoms with Crippen molar-refractivity contribution in [3.05, 3.63) is 5.82 Å². The van der Waals surface area contributed by atoms with Crippen molar-refractivity contribution >= 4 is 0 Å². The van der Waals surface area contributed by atoms with Crippen molar-refractivity contribution in [1.29, 1.82) is 0 Å². The van der Waals surface area contributed by atoms with Gasteiger partial charge in [-0.05, 0) is 48.1 Å². The Labute approximate surface area is 133 Å². The smallest absolute Gasteiger partial charge is 0.168 e. The molecule has 1 aliphatic rings. The second kappa shape index (κ2) is 7.51. The molecule has 2 rings (SSSR count). The maximum Gasteiger partial charge on any atom is 0.168 e. The molecule has 0 spiro atoms. The Morgan fingerprint density at radius 1 is 1.23 bits per heavy atom. The minimum absolute atomic E-state index is 0.219. The monoisotopic (exact) mass is 309 g/mol. The van der Waals surface area contributed by atoms with Crippen molar-refractivity contribution in [2.75, 3.05) is 13.2 Å². The summed E-state index contributed by atoms with van der Waals surface area (Å²) in [5.74, 6) is 0.971. The molecule has 0 aliphatic carbocycles. The Balaban J connectivity index is 2.12. The highest BCUT2D eigenvalue weighted by molar-refractivity contribution is 5.00. The number of likely N-dealkylation sites (tertiary alicyclic amines) is 1. The molecular formula is C16H31N5O. The molecule has 6 heteroatoms. The van der Waals surface area contributed by atoms with Crippen LogP contribution in [0.4, 0.5) is 0 Å². The van der Waals surface area contributed by atoms with Crippen molar-refractivity contribution in [1.82, 2.24) is 25.1 Å². The predicted molar refractivity (Wildman–Crippen MR) is 86.4 cm³/mol. The Kier molecular flexibility index (Phi) is 5.92. The molecule has 1 saturated heterocycles. The number of tetrazole rings is 1. The van der Waals surface area contributed by atoms with Crippen molar-refractivity contribution in [3.8, 4) is 0 Å². The number of rotatable bonds is 7. The number of hydrogen-bond acceptors (Lipinski definition) is 5. The normalized spacial score (nSPS) is 23.3. The average Bonchev–Trinajstić information content (AvgIpc) is 3.07. The summed E-state index contributed by atoms with van der Waals surface area (Å²) in [6.45, 7) is 11.0. The lowest BCUT2D eigenvalue weighted by atomic mass is 9.92. The van der Waals surface area contributed by atoms with Gasteiger partial charge in [-0.2, -0.15) is 0 Å². The van der Waals surface area contributed by atoms with E-state index < -0.39 is 0 Å². The van der Waals surface area contributed by atoms with Gasteiger partial charge in [0.05, 0.1) is 12.6 Å². The van der Waals surface area contributed by atoms with Crippen LogP contribution in [0.5, 0.6) is 0 Å². The SMILES string of the molecule is CCCCn1nnnc1[C@@H]1CC[C@@H](CO)N1CCC(C)(C)C. The number of aryl methyl sites for hydroxylation is 1. The zero-order chi connectivity index (χ0) is 16.2. The van der Waals surface area contributed by atoms with Gasteiger partial charge in [0.1, 0.15) is 0 Å². The van der Waals surface area contributed by atoms with Gasteiger partial charge in [-0.3, -0.25) is 4.90 Å². The quantitative estimate of drug-likeness (QED) is 0.838. The molecule has 1 aromatic rings. The van der Waals surface area contributed by atoms with Crippen molar-refractivity contribution in [2.24, 2.45) is 5.41 Å². The molecule has 1 aliphatic heterocycles. The van der Waals surface area contributed by atoms with Crippen LogP contribution in [0.15, 0.2) is 0 Å². The number of hydrogen-bond donors (Lipinski definition) is 1. The molecule has 0 amide bonds. The number of nitrogens with zero attached hydrogens (tertiary/aromatic N) is 5. The summed E-state index contributed by atoms with van der Waals surface area (Å²) in [5.41, 5.74) is 0.293. The summed E-state index contributed by atoms with van der Waals surface area (Å²) < 4.78 is 1.96. The molecule has 0 unspecified atom stereocenters. The third kappa shape index (κ3) is 4.26. The van der Waals surface area contributed by atoms with E-state index in [0.717, 1.165) is 51.0 Å². The van der Waals surface area contributed by atoms with Crippen LogP contribution in [0.2, 0.25) is 0 Å². The van der Waals surface area contributed by atoms with E-state index in [1.165, 1.54) is 0 Å². The first-order valence-corrected chi connectivity index (χ1v) is 8.59. The summed E-state index contributed by atoms with van der Waals surface area (Å²) in [5, 5.41) is 22.0. The first kappa shape index (κ1) is 17.3. The van der Waals surface area contributed by atoms with E-state index >= 15 is 0 Å². The van der Waals surface area contributed by atoms with E-state index in [4.69, 9.17) is 0 Å². The topological polar surface area (TPSA) is 67.1 Å². The highest BCUT2D eigenvalue weighted by Crippen LogP contribution is 2.36. The number of unbranched alkanes of at least 4 members (excludes halogenated alkanes) is 1. The van der Waals surface area contributed by atoms with Crippen LogP contribution in [0.3, 0.4) is 0 Å². The molecule has 1 aromatic heterocycles. The van der Waals surface area contributed by atoms with Crippen LogP contribution in [0.1, 0.15) is 71.7 Å². The molecule has 0 bridgehead atoms. The molecule has 6 nitrogen and oxygen atoms in total. The van der Waals surface area contributed by atoms with E-state index in [9.17, 15) is 5.11 Å². The second-order valence-electron chi connectivity index (χ2n) is 7.59. The molecule has 0 saturated carbocycles.